The summed E-state index contributed by atoms with van der Waals surface area (Å²) in [6.07, 6.45) is 8.87. The predicted octanol–water partition coefficient (Wildman–Crippen LogP) is 3.05. The maximum atomic E-state index is 12.5. The molecule has 2 heterocycles. The molecule has 0 aliphatic carbocycles. The third-order valence-electron chi connectivity index (χ3n) is 4.02. The van der Waals surface area contributed by atoms with Gasteiger partial charge in [-0.2, -0.15) is 5.10 Å². The van der Waals surface area contributed by atoms with E-state index >= 15 is 0 Å². The number of hydrogen-bond donors (Lipinski definition) is 1. The van der Waals surface area contributed by atoms with Gasteiger partial charge in [0.2, 0.25) is 0 Å². The van der Waals surface area contributed by atoms with Crippen LogP contribution in [0, 0.1) is 19.3 Å². The average Bonchev–Trinajstić information content (AvgIpc) is 3.04. The zero-order valence-electron chi connectivity index (χ0n) is 14.1. The van der Waals surface area contributed by atoms with Gasteiger partial charge in [-0.3, -0.25) is 4.79 Å². The summed E-state index contributed by atoms with van der Waals surface area (Å²) in [6, 6.07) is 12.5. The molecule has 5 nitrogen and oxygen atoms in total. The van der Waals surface area contributed by atoms with Crippen LogP contribution in [0.4, 0.5) is 0 Å². The van der Waals surface area contributed by atoms with Gasteiger partial charge < -0.3 is 5.32 Å². The molecule has 0 saturated heterocycles. The van der Waals surface area contributed by atoms with E-state index < -0.39 is 0 Å². The van der Waals surface area contributed by atoms with Crippen molar-refractivity contribution in [3.8, 4) is 18.2 Å². The molecule has 1 amide bonds. The lowest BCUT2D eigenvalue weighted by molar-refractivity contribution is 0.0940. The molecule has 0 radical (unpaired) electrons. The summed E-state index contributed by atoms with van der Waals surface area (Å²) in [5, 5.41) is 7.38. The molecule has 0 aliphatic rings. The van der Waals surface area contributed by atoms with E-state index in [1.807, 2.05) is 32.0 Å². The molecule has 1 N–H and O–H groups in total. The lowest BCUT2D eigenvalue weighted by Gasteiger charge is -2.14. The molecule has 0 bridgehead atoms. The topological polar surface area (TPSA) is 59.8 Å². The number of pyridine rings is 1. The number of nitrogens with zero attached hydrogens (tertiary/aromatic N) is 3. The largest absolute Gasteiger partial charge is 0.345 e. The van der Waals surface area contributed by atoms with Gasteiger partial charge in [-0.05, 0) is 44.2 Å². The Hall–Kier alpha value is -3.39. The molecule has 2 aromatic heterocycles. The molecule has 1 aromatic carbocycles. The zero-order valence-corrected chi connectivity index (χ0v) is 14.1. The zero-order chi connectivity index (χ0) is 17.8. The number of benzene rings is 1. The van der Waals surface area contributed by atoms with Gasteiger partial charge in [0.1, 0.15) is 0 Å². The third kappa shape index (κ3) is 3.43. The van der Waals surface area contributed by atoms with Gasteiger partial charge in [0, 0.05) is 28.6 Å². The van der Waals surface area contributed by atoms with Gasteiger partial charge in [0.25, 0.3) is 5.91 Å². The minimum Gasteiger partial charge on any atom is -0.345 e. The van der Waals surface area contributed by atoms with E-state index in [-0.39, 0.29) is 11.9 Å². The highest BCUT2D eigenvalue weighted by atomic mass is 16.1. The second kappa shape index (κ2) is 7.02. The van der Waals surface area contributed by atoms with Crippen molar-refractivity contribution in [1.82, 2.24) is 20.1 Å². The number of aromatic nitrogens is 3. The van der Waals surface area contributed by atoms with Crippen LogP contribution in [0.2, 0.25) is 0 Å². The molecule has 0 spiro atoms. The first-order valence-electron chi connectivity index (χ1n) is 7.93. The molecular weight excluding hydrogens is 312 g/mol. The molecule has 1 unspecified atom stereocenters. The fourth-order valence-electron chi connectivity index (χ4n) is 2.67. The predicted molar refractivity (Wildman–Crippen MR) is 96.4 cm³/mol. The lowest BCUT2D eigenvalue weighted by Crippen LogP contribution is -2.27. The summed E-state index contributed by atoms with van der Waals surface area (Å²) in [5.74, 6) is 3.11. The van der Waals surface area contributed by atoms with Crippen LogP contribution < -0.4 is 5.32 Å². The highest BCUT2D eigenvalue weighted by Crippen LogP contribution is 2.19. The second-order valence-corrected chi connectivity index (χ2v) is 5.71. The Balaban J connectivity index is 1.80. The average molecular weight is 330 g/mol. The maximum Gasteiger partial charge on any atom is 0.251 e. The first-order chi connectivity index (χ1) is 12.1. The van der Waals surface area contributed by atoms with Gasteiger partial charge in [0.15, 0.2) is 5.82 Å². The lowest BCUT2D eigenvalue weighted by atomic mass is 10.1. The number of terminal acetylenes is 1. The Morgan fingerprint density at radius 2 is 2.12 bits per heavy atom. The number of carbonyl (C=O) groups excluding carboxylic acids is 1. The summed E-state index contributed by atoms with van der Waals surface area (Å²) in [6.45, 7) is 3.88. The molecule has 5 heteroatoms. The van der Waals surface area contributed by atoms with Crippen molar-refractivity contribution < 1.29 is 4.79 Å². The van der Waals surface area contributed by atoms with Crippen LogP contribution in [0.25, 0.3) is 5.82 Å². The summed E-state index contributed by atoms with van der Waals surface area (Å²) in [4.78, 5) is 16.8. The quantitative estimate of drug-likeness (QED) is 0.748. The summed E-state index contributed by atoms with van der Waals surface area (Å²) >= 11 is 0. The summed E-state index contributed by atoms with van der Waals surface area (Å²) in [7, 11) is 0. The van der Waals surface area contributed by atoms with Crippen molar-refractivity contribution >= 4 is 5.91 Å². The maximum absolute atomic E-state index is 12.5. The van der Waals surface area contributed by atoms with Crippen LogP contribution >= 0.6 is 0 Å². The van der Waals surface area contributed by atoms with E-state index in [0.29, 0.717) is 11.1 Å². The van der Waals surface area contributed by atoms with E-state index in [1.165, 1.54) is 0 Å². The first kappa shape index (κ1) is 16.5. The van der Waals surface area contributed by atoms with E-state index in [2.05, 4.69) is 21.3 Å². The van der Waals surface area contributed by atoms with Crippen molar-refractivity contribution in [1.29, 1.82) is 0 Å². The first-order valence-corrected chi connectivity index (χ1v) is 7.93. The molecule has 25 heavy (non-hydrogen) atoms. The van der Waals surface area contributed by atoms with Crippen molar-refractivity contribution in [2.45, 2.75) is 19.9 Å². The number of amides is 1. The van der Waals surface area contributed by atoms with Gasteiger partial charge >= 0.3 is 0 Å². The van der Waals surface area contributed by atoms with E-state index in [0.717, 1.165) is 17.1 Å². The Bertz CT molecular complexity index is 938. The molecule has 0 fully saturated rings. The van der Waals surface area contributed by atoms with Crippen LogP contribution in [-0.2, 0) is 0 Å². The SMILES string of the molecule is C#Cc1cccc(C(=O)NC(C)c2cnn(-c3ccccn3)c2C)c1. The normalized spacial score (nSPS) is 11.6. The Morgan fingerprint density at radius 3 is 2.84 bits per heavy atom. The van der Waals surface area contributed by atoms with Gasteiger partial charge in [-0.25, -0.2) is 9.67 Å². The van der Waals surface area contributed by atoms with Crippen LogP contribution in [0.15, 0.2) is 54.9 Å². The molecular formula is C20H18N4O. The van der Waals surface area contributed by atoms with Gasteiger partial charge in [-0.15, -0.1) is 6.42 Å². The van der Waals surface area contributed by atoms with Crippen molar-refractivity contribution in [2.24, 2.45) is 0 Å². The van der Waals surface area contributed by atoms with Crippen molar-refractivity contribution in [3.05, 3.63) is 77.2 Å². The minimum absolute atomic E-state index is 0.172. The third-order valence-corrected chi connectivity index (χ3v) is 4.02. The molecule has 124 valence electrons. The fraction of sp³-hybridized carbons (Fsp3) is 0.150. The molecule has 3 aromatic rings. The smallest absolute Gasteiger partial charge is 0.251 e. The molecule has 1 atom stereocenters. The highest BCUT2D eigenvalue weighted by Gasteiger charge is 2.17. The van der Waals surface area contributed by atoms with Gasteiger partial charge in [0.05, 0.1) is 12.2 Å². The summed E-state index contributed by atoms with van der Waals surface area (Å²) < 4.78 is 1.76. The van der Waals surface area contributed by atoms with E-state index in [1.54, 1.807) is 41.3 Å². The van der Waals surface area contributed by atoms with Crippen molar-refractivity contribution in [2.75, 3.05) is 0 Å². The Labute approximate surface area is 146 Å². The highest BCUT2D eigenvalue weighted by molar-refractivity contribution is 5.94. The molecule has 0 saturated carbocycles. The van der Waals surface area contributed by atoms with Crippen LogP contribution in [0.3, 0.4) is 0 Å². The van der Waals surface area contributed by atoms with Gasteiger partial charge in [-0.1, -0.05) is 18.1 Å². The number of hydrogen-bond acceptors (Lipinski definition) is 3. The molecule has 3 rings (SSSR count). The minimum atomic E-state index is -0.195. The molecule has 0 aliphatic heterocycles. The number of nitrogens with one attached hydrogen (secondary N) is 1. The van der Waals surface area contributed by atoms with Crippen LogP contribution in [0.1, 0.15) is 40.1 Å². The number of rotatable bonds is 4. The monoisotopic (exact) mass is 330 g/mol. The Morgan fingerprint density at radius 1 is 1.28 bits per heavy atom. The van der Waals surface area contributed by atoms with Crippen LogP contribution in [0.5, 0.6) is 0 Å². The van der Waals surface area contributed by atoms with Crippen molar-refractivity contribution in [3.63, 3.8) is 0 Å². The number of carbonyl (C=O) groups is 1. The van der Waals surface area contributed by atoms with Crippen LogP contribution in [-0.4, -0.2) is 20.7 Å². The fourth-order valence-corrected chi connectivity index (χ4v) is 2.67. The second-order valence-electron chi connectivity index (χ2n) is 5.71. The standard InChI is InChI=1S/C20H18N4O/c1-4-16-8-7-9-17(12-16)20(25)23-14(2)18-13-22-24(15(18)3)19-10-5-6-11-21-19/h1,5-14H,2-3H3,(H,23,25). The van der Waals surface area contributed by atoms with E-state index in [9.17, 15) is 4.79 Å². The Kier molecular flexibility index (Phi) is 4.62. The van der Waals surface area contributed by atoms with E-state index in [4.69, 9.17) is 6.42 Å². The summed E-state index contributed by atoms with van der Waals surface area (Å²) in [5.41, 5.74) is 3.09.